The van der Waals surface area contributed by atoms with Gasteiger partial charge in [0.05, 0.1) is 0 Å². The molecule has 1 aromatic rings. The predicted molar refractivity (Wildman–Crippen MR) is 36.7 cm³/mol. The number of aromatic nitrogens is 2. The molecule has 4 heteroatoms. The Balaban J connectivity index is 3.01. The highest BCUT2D eigenvalue weighted by Crippen LogP contribution is 1.96. The molecule has 1 heterocycles. The van der Waals surface area contributed by atoms with Gasteiger partial charge in [-0.2, -0.15) is 4.37 Å². The molecule has 0 spiro atoms. The molecule has 0 aliphatic rings. The van der Waals surface area contributed by atoms with Crippen molar-refractivity contribution in [1.82, 2.24) is 9.36 Å². The molecule has 0 amide bonds. The lowest BCUT2D eigenvalue weighted by Gasteiger charge is -1.78. The van der Waals surface area contributed by atoms with Gasteiger partial charge in [-0.05, 0) is 23.8 Å². The van der Waals surface area contributed by atoms with Gasteiger partial charge in [0.1, 0.15) is 5.82 Å². The first-order valence-electron chi connectivity index (χ1n) is 2.38. The van der Waals surface area contributed by atoms with Crippen molar-refractivity contribution in [3.05, 3.63) is 9.78 Å². The van der Waals surface area contributed by atoms with Crippen LogP contribution >= 0.6 is 23.8 Å². The maximum atomic E-state index is 4.80. The van der Waals surface area contributed by atoms with Crippen LogP contribution in [0, 0.1) is 3.95 Å². The first kappa shape index (κ1) is 5.91. The molecule has 2 nitrogen and oxygen atoms in total. The molecule has 8 heavy (non-hydrogen) atoms. The van der Waals surface area contributed by atoms with Crippen molar-refractivity contribution < 1.29 is 0 Å². The molecule has 0 radical (unpaired) electrons. The monoisotopic (exact) mass is 146 g/mol. The van der Waals surface area contributed by atoms with E-state index in [0.29, 0.717) is 0 Å². The second-order valence-corrected chi connectivity index (χ2v) is 2.84. The number of hydrogen-bond donors (Lipinski definition) is 1. The molecule has 0 aliphatic carbocycles. The summed E-state index contributed by atoms with van der Waals surface area (Å²) in [6.45, 7) is 2.04. The van der Waals surface area contributed by atoms with Gasteiger partial charge in [-0.3, -0.25) is 0 Å². The molecule has 0 aromatic carbocycles. The molecule has 0 saturated carbocycles. The van der Waals surface area contributed by atoms with Crippen LogP contribution in [0.25, 0.3) is 0 Å². The molecular formula is C4H6N2S2. The first-order chi connectivity index (χ1) is 3.83. The molecule has 0 saturated heterocycles. The Bertz CT molecular complexity index is 212. The van der Waals surface area contributed by atoms with E-state index in [1.807, 2.05) is 6.92 Å². The third kappa shape index (κ3) is 1.14. The van der Waals surface area contributed by atoms with Crippen LogP contribution in [0.4, 0.5) is 0 Å². The summed E-state index contributed by atoms with van der Waals surface area (Å²) in [4.78, 5) is 2.95. The zero-order valence-electron chi connectivity index (χ0n) is 4.47. The van der Waals surface area contributed by atoms with E-state index in [1.54, 1.807) is 0 Å². The molecular weight excluding hydrogens is 140 g/mol. The van der Waals surface area contributed by atoms with Gasteiger partial charge in [0, 0.05) is 6.42 Å². The fourth-order valence-electron chi connectivity index (χ4n) is 0.413. The molecule has 44 valence electrons. The fraction of sp³-hybridized carbons (Fsp3) is 0.500. The molecule has 0 aliphatic heterocycles. The Morgan fingerprint density at radius 1 is 1.88 bits per heavy atom. The highest BCUT2D eigenvalue weighted by atomic mass is 32.2. The lowest BCUT2D eigenvalue weighted by Crippen LogP contribution is -1.78. The van der Waals surface area contributed by atoms with E-state index in [9.17, 15) is 0 Å². The van der Waals surface area contributed by atoms with Crippen LogP contribution in [0.3, 0.4) is 0 Å². The van der Waals surface area contributed by atoms with Crippen molar-refractivity contribution in [2.24, 2.45) is 0 Å². The molecule has 1 rings (SSSR count). The summed E-state index contributed by atoms with van der Waals surface area (Å²) >= 11 is 6.14. The molecule has 0 bridgehead atoms. The Hall–Kier alpha value is -0.220. The Morgan fingerprint density at radius 2 is 2.62 bits per heavy atom. The van der Waals surface area contributed by atoms with Crippen LogP contribution in [-0.2, 0) is 6.42 Å². The van der Waals surface area contributed by atoms with Crippen LogP contribution in [0.15, 0.2) is 0 Å². The van der Waals surface area contributed by atoms with E-state index < -0.39 is 0 Å². The average molecular weight is 146 g/mol. The van der Waals surface area contributed by atoms with E-state index in [-0.39, 0.29) is 0 Å². The zero-order valence-corrected chi connectivity index (χ0v) is 6.10. The summed E-state index contributed by atoms with van der Waals surface area (Å²) in [5.41, 5.74) is 0. The molecule has 1 N–H and O–H groups in total. The van der Waals surface area contributed by atoms with Gasteiger partial charge in [0.15, 0.2) is 3.95 Å². The van der Waals surface area contributed by atoms with Gasteiger partial charge in [0.2, 0.25) is 0 Å². The summed E-state index contributed by atoms with van der Waals surface area (Å²) in [7, 11) is 0. The van der Waals surface area contributed by atoms with E-state index in [0.717, 1.165) is 16.2 Å². The van der Waals surface area contributed by atoms with Gasteiger partial charge in [-0.1, -0.05) is 6.92 Å². The minimum Gasteiger partial charge on any atom is -0.324 e. The van der Waals surface area contributed by atoms with Crippen molar-refractivity contribution in [2.75, 3.05) is 0 Å². The number of nitrogens with zero attached hydrogens (tertiary/aromatic N) is 1. The second-order valence-electron chi connectivity index (χ2n) is 1.40. The third-order valence-electron chi connectivity index (χ3n) is 0.820. The Labute approximate surface area is 56.7 Å². The van der Waals surface area contributed by atoms with Crippen LogP contribution in [0.2, 0.25) is 0 Å². The maximum Gasteiger partial charge on any atom is 0.177 e. The van der Waals surface area contributed by atoms with Gasteiger partial charge in [-0.25, -0.2) is 0 Å². The number of aromatic amines is 1. The first-order valence-corrected chi connectivity index (χ1v) is 3.56. The summed E-state index contributed by atoms with van der Waals surface area (Å²) in [5.74, 6) is 0.986. The normalized spacial score (nSPS) is 9.62. The highest BCUT2D eigenvalue weighted by Gasteiger charge is 1.88. The van der Waals surface area contributed by atoms with Crippen LogP contribution < -0.4 is 0 Å². The number of H-pyrrole nitrogens is 1. The Kier molecular flexibility index (Phi) is 1.75. The predicted octanol–water partition coefficient (Wildman–Crippen LogP) is 1.76. The number of nitrogens with one attached hydrogen (secondary N) is 1. The molecule has 1 aromatic heterocycles. The van der Waals surface area contributed by atoms with Crippen LogP contribution in [0.5, 0.6) is 0 Å². The standard InChI is InChI=1S/C4H6N2S2/c1-2-3-5-4(7)8-6-3/h2H2,1H3,(H,5,6,7). The van der Waals surface area contributed by atoms with Crippen molar-refractivity contribution in [3.63, 3.8) is 0 Å². The smallest absolute Gasteiger partial charge is 0.177 e. The summed E-state index contributed by atoms with van der Waals surface area (Å²) in [6, 6.07) is 0. The summed E-state index contributed by atoms with van der Waals surface area (Å²) in [5, 5.41) is 0. The zero-order chi connectivity index (χ0) is 5.98. The van der Waals surface area contributed by atoms with Crippen molar-refractivity contribution >= 4 is 23.8 Å². The summed E-state index contributed by atoms with van der Waals surface area (Å²) < 4.78 is 4.78. The van der Waals surface area contributed by atoms with Gasteiger partial charge in [-0.15, -0.1) is 0 Å². The maximum absolute atomic E-state index is 4.80. The summed E-state index contributed by atoms with van der Waals surface area (Å²) in [6.07, 6.45) is 0.938. The highest BCUT2D eigenvalue weighted by molar-refractivity contribution is 7.73. The fourth-order valence-corrected chi connectivity index (χ4v) is 1.17. The van der Waals surface area contributed by atoms with Crippen LogP contribution in [0.1, 0.15) is 12.7 Å². The van der Waals surface area contributed by atoms with Gasteiger partial charge in [0.25, 0.3) is 0 Å². The van der Waals surface area contributed by atoms with Gasteiger partial charge < -0.3 is 4.98 Å². The third-order valence-corrected chi connectivity index (χ3v) is 1.73. The second kappa shape index (κ2) is 2.37. The SMILES string of the molecule is CCc1nsc(=S)[nH]1. The molecule has 0 unspecified atom stereocenters. The van der Waals surface area contributed by atoms with E-state index in [4.69, 9.17) is 12.2 Å². The van der Waals surface area contributed by atoms with Crippen molar-refractivity contribution in [3.8, 4) is 0 Å². The lowest BCUT2D eigenvalue weighted by atomic mass is 10.5. The largest absolute Gasteiger partial charge is 0.324 e. The number of rotatable bonds is 1. The minimum atomic E-state index is 0.766. The quantitative estimate of drug-likeness (QED) is 0.612. The molecule has 0 fully saturated rings. The topological polar surface area (TPSA) is 28.7 Å². The minimum absolute atomic E-state index is 0.766. The van der Waals surface area contributed by atoms with E-state index in [2.05, 4.69) is 9.36 Å². The van der Waals surface area contributed by atoms with Gasteiger partial charge >= 0.3 is 0 Å². The average Bonchev–Trinajstić information content (AvgIpc) is 2.14. The molecule has 0 atom stereocenters. The van der Waals surface area contributed by atoms with Crippen LogP contribution in [-0.4, -0.2) is 9.36 Å². The van der Waals surface area contributed by atoms with E-state index >= 15 is 0 Å². The van der Waals surface area contributed by atoms with Crippen molar-refractivity contribution in [1.29, 1.82) is 0 Å². The lowest BCUT2D eigenvalue weighted by molar-refractivity contribution is 0.996. The number of aryl methyl sites for hydroxylation is 1. The van der Waals surface area contributed by atoms with Crippen molar-refractivity contribution in [2.45, 2.75) is 13.3 Å². The number of hydrogen-bond acceptors (Lipinski definition) is 3. The van der Waals surface area contributed by atoms with E-state index in [1.165, 1.54) is 11.5 Å². The Morgan fingerprint density at radius 3 is 2.88 bits per heavy atom.